The molecule has 0 radical (unpaired) electrons. The van der Waals surface area contributed by atoms with Crippen LogP contribution < -0.4 is 0 Å². The molecule has 0 aromatic carbocycles. The number of ether oxygens (including phenoxy) is 1. The van der Waals surface area contributed by atoms with E-state index < -0.39 is 0 Å². The van der Waals surface area contributed by atoms with E-state index in [1.54, 1.807) is 0 Å². The molecule has 0 aliphatic rings. The van der Waals surface area contributed by atoms with Crippen molar-refractivity contribution in [3.8, 4) is 0 Å². The van der Waals surface area contributed by atoms with Crippen LogP contribution in [0.5, 0.6) is 0 Å². The molecule has 0 aliphatic heterocycles. The fourth-order valence-electron chi connectivity index (χ4n) is 1.31. The molecule has 78 valence electrons. The molecular formula is C11H22O2. The van der Waals surface area contributed by atoms with Gasteiger partial charge in [0.15, 0.2) is 0 Å². The van der Waals surface area contributed by atoms with E-state index in [0.717, 1.165) is 12.8 Å². The summed E-state index contributed by atoms with van der Waals surface area (Å²) in [7, 11) is 0. The van der Waals surface area contributed by atoms with Crippen molar-refractivity contribution in [3.05, 3.63) is 0 Å². The second kappa shape index (κ2) is 7.07. The Morgan fingerprint density at radius 2 is 1.92 bits per heavy atom. The monoisotopic (exact) mass is 186 g/mol. The molecule has 0 amide bonds. The highest BCUT2D eigenvalue weighted by Crippen LogP contribution is 2.06. The van der Waals surface area contributed by atoms with E-state index >= 15 is 0 Å². The maximum absolute atomic E-state index is 11.3. The van der Waals surface area contributed by atoms with E-state index in [1.807, 2.05) is 20.8 Å². The predicted molar refractivity (Wildman–Crippen MR) is 54.8 cm³/mol. The lowest BCUT2D eigenvalue weighted by molar-refractivity contribution is -0.122. The molecule has 0 spiro atoms. The molecule has 1 unspecified atom stereocenters. The zero-order valence-corrected chi connectivity index (χ0v) is 9.30. The molecule has 2 heteroatoms. The summed E-state index contributed by atoms with van der Waals surface area (Å²) in [5.41, 5.74) is 0. The van der Waals surface area contributed by atoms with Crippen molar-refractivity contribution in [1.29, 1.82) is 0 Å². The minimum atomic E-state index is 0.0735. The quantitative estimate of drug-likeness (QED) is 0.611. The number of hydrogen-bond donors (Lipinski definition) is 0. The number of unbranched alkanes of at least 4 members (excludes halogenated alkanes) is 1. The smallest absolute Gasteiger partial charge is 0.135 e. The molecule has 0 bridgehead atoms. The molecule has 0 saturated heterocycles. The highest BCUT2D eigenvalue weighted by Gasteiger charge is 2.09. The summed E-state index contributed by atoms with van der Waals surface area (Å²) in [6, 6.07) is 0. The van der Waals surface area contributed by atoms with Crippen molar-refractivity contribution in [3.63, 3.8) is 0 Å². The van der Waals surface area contributed by atoms with Gasteiger partial charge < -0.3 is 4.74 Å². The zero-order valence-electron chi connectivity index (χ0n) is 9.30. The molecular weight excluding hydrogens is 164 g/mol. The van der Waals surface area contributed by atoms with Crippen molar-refractivity contribution in [2.75, 3.05) is 0 Å². The van der Waals surface area contributed by atoms with Gasteiger partial charge in [0, 0.05) is 12.8 Å². The SMILES string of the molecule is CCCCC(=O)CC(C)OC(C)C. The number of rotatable bonds is 7. The Hall–Kier alpha value is -0.370. The van der Waals surface area contributed by atoms with Crippen molar-refractivity contribution >= 4 is 5.78 Å². The summed E-state index contributed by atoms with van der Waals surface area (Å²) in [6.45, 7) is 8.05. The van der Waals surface area contributed by atoms with E-state index in [1.165, 1.54) is 0 Å². The topological polar surface area (TPSA) is 26.3 Å². The third-order valence-electron chi connectivity index (χ3n) is 1.83. The van der Waals surface area contributed by atoms with Gasteiger partial charge in [-0.05, 0) is 27.2 Å². The number of Topliss-reactive ketones (excluding diaryl/α,β-unsaturated/α-hetero) is 1. The van der Waals surface area contributed by atoms with Gasteiger partial charge in [-0.2, -0.15) is 0 Å². The molecule has 0 fully saturated rings. The van der Waals surface area contributed by atoms with Crippen LogP contribution in [0.1, 0.15) is 53.4 Å². The first kappa shape index (κ1) is 12.6. The van der Waals surface area contributed by atoms with Crippen molar-refractivity contribution in [1.82, 2.24) is 0 Å². The van der Waals surface area contributed by atoms with Crippen molar-refractivity contribution in [2.24, 2.45) is 0 Å². The third-order valence-corrected chi connectivity index (χ3v) is 1.83. The molecule has 0 aliphatic carbocycles. The maximum Gasteiger partial charge on any atom is 0.135 e. The van der Waals surface area contributed by atoms with Gasteiger partial charge in [0.1, 0.15) is 5.78 Å². The van der Waals surface area contributed by atoms with Crippen LogP contribution in [-0.4, -0.2) is 18.0 Å². The first-order valence-electron chi connectivity index (χ1n) is 5.23. The fourth-order valence-corrected chi connectivity index (χ4v) is 1.31. The van der Waals surface area contributed by atoms with Gasteiger partial charge in [0.2, 0.25) is 0 Å². The van der Waals surface area contributed by atoms with E-state index in [0.29, 0.717) is 18.6 Å². The summed E-state index contributed by atoms with van der Waals surface area (Å²) < 4.78 is 5.48. The number of carbonyl (C=O) groups is 1. The summed E-state index contributed by atoms with van der Waals surface area (Å²) >= 11 is 0. The number of ketones is 1. The van der Waals surface area contributed by atoms with Gasteiger partial charge >= 0.3 is 0 Å². The average Bonchev–Trinajstić information content (AvgIpc) is 1.98. The summed E-state index contributed by atoms with van der Waals surface area (Å²) in [5, 5.41) is 0. The summed E-state index contributed by atoms with van der Waals surface area (Å²) in [6.07, 6.45) is 3.66. The molecule has 0 saturated carbocycles. The van der Waals surface area contributed by atoms with Crippen LogP contribution in [-0.2, 0) is 9.53 Å². The molecule has 0 heterocycles. The van der Waals surface area contributed by atoms with Crippen LogP contribution in [0.2, 0.25) is 0 Å². The summed E-state index contributed by atoms with van der Waals surface area (Å²) in [5.74, 6) is 0.329. The number of carbonyl (C=O) groups excluding carboxylic acids is 1. The van der Waals surface area contributed by atoms with E-state index in [-0.39, 0.29) is 12.2 Å². The van der Waals surface area contributed by atoms with Crippen LogP contribution in [0.3, 0.4) is 0 Å². The lowest BCUT2D eigenvalue weighted by Gasteiger charge is -2.14. The lowest BCUT2D eigenvalue weighted by atomic mass is 10.1. The van der Waals surface area contributed by atoms with Gasteiger partial charge in [0.05, 0.1) is 12.2 Å². The standard InChI is InChI=1S/C11H22O2/c1-5-6-7-11(12)8-10(4)13-9(2)3/h9-10H,5-8H2,1-4H3. The van der Waals surface area contributed by atoms with Crippen LogP contribution >= 0.6 is 0 Å². The predicted octanol–water partition coefficient (Wildman–Crippen LogP) is 2.95. The maximum atomic E-state index is 11.3. The Labute approximate surface area is 81.7 Å². The Balaban J connectivity index is 3.53. The van der Waals surface area contributed by atoms with E-state index in [9.17, 15) is 4.79 Å². The van der Waals surface area contributed by atoms with Crippen molar-refractivity contribution < 1.29 is 9.53 Å². The highest BCUT2D eigenvalue weighted by molar-refractivity contribution is 5.78. The van der Waals surface area contributed by atoms with Crippen LogP contribution in [0.15, 0.2) is 0 Å². The van der Waals surface area contributed by atoms with Gasteiger partial charge in [-0.25, -0.2) is 0 Å². The minimum Gasteiger partial charge on any atom is -0.375 e. The molecule has 0 aromatic heterocycles. The second-order valence-corrected chi connectivity index (χ2v) is 3.84. The van der Waals surface area contributed by atoms with Gasteiger partial charge in [-0.3, -0.25) is 4.79 Å². The minimum absolute atomic E-state index is 0.0735. The first-order valence-corrected chi connectivity index (χ1v) is 5.23. The Kier molecular flexibility index (Phi) is 6.87. The molecule has 0 rings (SSSR count). The van der Waals surface area contributed by atoms with Gasteiger partial charge in [-0.1, -0.05) is 13.3 Å². The molecule has 0 N–H and O–H groups in total. The second-order valence-electron chi connectivity index (χ2n) is 3.84. The number of hydrogen-bond acceptors (Lipinski definition) is 2. The van der Waals surface area contributed by atoms with Crippen LogP contribution in [0.25, 0.3) is 0 Å². The van der Waals surface area contributed by atoms with E-state index in [4.69, 9.17) is 4.74 Å². The Bertz CT molecular complexity index is 141. The average molecular weight is 186 g/mol. The van der Waals surface area contributed by atoms with Gasteiger partial charge in [0.25, 0.3) is 0 Å². The van der Waals surface area contributed by atoms with Gasteiger partial charge in [-0.15, -0.1) is 0 Å². The molecule has 0 aromatic rings. The van der Waals surface area contributed by atoms with Crippen LogP contribution in [0, 0.1) is 0 Å². The Morgan fingerprint density at radius 1 is 1.31 bits per heavy atom. The fraction of sp³-hybridized carbons (Fsp3) is 0.909. The summed E-state index contributed by atoms with van der Waals surface area (Å²) in [4.78, 5) is 11.3. The largest absolute Gasteiger partial charge is 0.375 e. The molecule has 2 nitrogen and oxygen atoms in total. The third kappa shape index (κ3) is 7.97. The zero-order chi connectivity index (χ0) is 10.3. The first-order chi connectivity index (χ1) is 6.06. The van der Waals surface area contributed by atoms with E-state index in [2.05, 4.69) is 6.92 Å². The lowest BCUT2D eigenvalue weighted by Crippen LogP contribution is -2.18. The highest BCUT2D eigenvalue weighted by atomic mass is 16.5. The molecule has 1 atom stereocenters. The molecule has 13 heavy (non-hydrogen) atoms. The van der Waals surface area contributed by atoms with Crippen LogP contribution in [0.4, 0.5) is 0 Å². The van der Waals surface area contributed by atoms with Crippen molar-refractivity contribution in [2.45, 2.75) is 65.6 Å². The normalized spacial score (nSPS) is 13.3. The Morgan fingerprint density at radius 3 is 2.38 bits per heavy atom.